The number of rotatable bonds is 4. The Morgan fingerprint density at radius 1 is 1.30 bits per heavy atom. The summed E-state index contributed by atoms with van der Waals surface area (Å²) in [5.41, 5.74) is 2.82. The van der Waals surface area contributed by atoms with Gasteiger partial charge in [0.2, 0.25) is 0 Å². The normalized spacial score (nSPS) is 23.6. The molecular weight excluding hydrogens is 246 g/mol. The van der Waals surface area contributed by atoms with Crippen molar-refractivity contribution >= 4 is 0 Å². The van der Waals surface area contributed by atoms with E-state index >= 15 is 0 Å². The summed E-state index contributed by atoms with van der Waals surface area (Å²) in [7, 11) is 0. The Morgan fingerprint density at radius 3 is 2.85 bits per heavy atom. The van der Waals surface area contributed by atoms with Crippen LogP contribution in [-0.2, 0) is 0 Å². The highest BCUT2D eigenvalue weighted by Crippen LogP contribution is 2.47. The quantitative estimate of drug-likeness (QED) is 0.814. The minimum absolute atomic E-state index is 0.117. The fourth-order valence-electron chi connectivity index (χ4n) is 3.75. The second-order valence-corrected chi connectivity index (χ2v) is 6.60. The molecule has 0 aromatic heterocycles. The second kappa shape index (κ2) is 5.77. The monoisotopic (exact) mass is 273 g/mol. The highest BCUT2D eigenvalue weighted by Gasteiger charge is 2.42. The Bertz CT molecular complexity index is 462. The van der Waals surface area contributed by atoms with Crippen LogP contribution >= 0.6 is 0 Å². The van der Waals surface area contributed by atoms with Crippen LogP contribution in [0.1, 0.15) is 69.0 Å². The standard InChI is InChI=1S/C18H27NO/c1-3-4-11-19-16-13-18(9-5-6-10-18)20-17-8-7-14(2)12-15(16)17/h7-8,12,16,19H,3-6,9-11,13H2,1-2H3. The largest absolute Gasteiger partial charge is 0.487 e. The van der Waals surface area contributed by atoms with Gasteiger partial charge in [-0.2, -0.15) is 0 Å². The van der Waals surface area contributed by atoms with Gasteiger partial charge in [-0.1, -0.05) is 31.0 Å². The average Bonchev–Trinajstić information content (AvgIpc) is 2.88. The molecule has 0 saturated heterocycles. The predicted octanol–water partition coefficient (Wildman–Crippen LogP) is 4.52. The molecule has 20 heavy (non-hydrogen) atoms. The predicted molar refractivity (Wildman–Crippen MR) is 83.3 cm³/mol. The number of benzene rings is 1. The van der Waals surface area contributed by atoms with Crippen molar-refractivity contribution in [3.63, 3.8) is 0 Å². The summed E-state index contributed by atoms with van der Waals surface area (Å²) in [6, 6.07) is 7.14. The lowest BCUT2D eigenvalue weighted by Crippen LogP contribution is -2.42. The molecule has 1 N–H and O–H groups in total. The third kappa shape index (κ3) is 2.71. The number of aryl methyl sites for hydroxylation is 1. The van der Waals surface area contributed by atoms with Gasteiger partial charge in [-0.25, -0.2) is 0 Å². The van der Waals surface area contributed by atoms with Crippen molar-refractivity contribution in [2.24, 2.45) is 0 Å². The van der Waals surface area contributed by atoms with Gasteiger partial charge < -0.3 is 10.1 Å². The van der Waals surface area contributed by atoms with Crippen molar-refractivity contribution in [2.45, 2.75) is 70.4 Å². The lowest BCUT2D eigenvalue weighted by Gasteiger charge is -2.40. The van der Waals surface area contributed by atoms with Crippen molar-refractivity contribution in [3.05, 3.63) is 29.3 Å². The minimum atomic E-state index is 0.117. The van der Waals surface area contributed by atoms with Crippen LogP contribution < -0.4 is 10.1 Å². The van der Waals surface area contributed by atoms with Gasteiger partial charge in [0.1, 0.15) is 11.4 Å². The molecule has 1 fully saturated rings. The van der Waals surface area contributed by atoms with Crippen LogP contribution in [0.3, 0.4) is 0 Å². The SMILES string of the molecule is CCCCNC1CC2(CCCC2)Oc2ccc(C)cc21. The molecule has 1 aliphatic heterocycles. The molecule has 1 aromatic carbocycles. The molecule has 1 atom stereocenters. The van der Waals surface area contributed by atoms with E-state index in [0.717, 1.165) is 18.7 Å². The molecule has 1 aliphatic carbocycles. The first-order chi connectivity index (χ1) is 9.72. The molecule has 1 unspecified atom stereocenters. The zero-order chi connectivity index (χ0) is 14.0. The first kappa shape index (κ1) is 13.9. The number of ether oxygens (including phenoxy) is 1. The van der Waals surface area contributed by atoms with E-state index in [-0.39, 0.29) is 5.60 Å². The van der Waals surface area contributed by atoms with E-state index in [9.17, 15) is 0 Å². The maximum atomic E-state index is 6.43. The van der Waals surface area contributed by atoms with Gasteiger partial charge in [0, 0.05) is 18.0 Å². The third-order valence-corrected chi connectivity index (χ3v) is 4.88. The highest BCUT2D eigenvalue weighted by atomic mass is 16.5. The maximum Gasteiger partial charge on any atom is 0.124 e. The number of hydrogen-bond donors (Lipinski definition) is 1. The smallest absolute Gasteiger partial charge is 0.124 e. The summed E-state index contributed by atoms with van der Waals surface area (Å²) in [5, 5.41) is 3.78. The molecule has 0 radical (unpaired) electrons. The molecule has 2 nitrogen and oxygen atoms in total. The van der Waals surface area contributed by atoms with Crippen LogP contribution in [-0.4, -0.2) is 12.1 Å². The van der Waals surface area contributed by atoms with Gasteiger partial charge >= 0.3 is 0 Å². The fraction of sp³-hybridized carbons (Fsp3) is 0.667. The summed E-state index contributed by atoms with van der Waals surface area (Å²) in [6.45, 7) is 5.54. The first-order valence-electron chi connectivity index (χ1n) is 8.25. The Labute approximate surface area is 122 Å². The van der Waals surface area contributed by atoms with Gasteiger partial charge in [0.05, 0.1) is 0 Å². The highest BCUT2D eigenvalue weighted by molar-refractivity contribution is 5.42. The van der Waals surface area contributed by atoms with Crippen LogP contribution in [0.4, 0.5) is 0 Å². The fourth-order valence-corrected chi connectivity index (χ4v) is 3.75. The van der Waals surface area contributed by atoms with Crippen molar-refractivity contribution in [3.8, 4) is 5.75 Å². The molecule has 0 bridgehead atoms. The number of fused-ring (bicyclic) bond motifs is 1. The lowest BCUT2D eigenvalue weighted by atomic mass is 9.85. The van der Waals surface area contributed by atoms with E-state index in [1.807, 2.05) is 0 Å². The molecule has 3 rings (SSSR count). The molecular formula is C18H27NO. The van der Waals surface area contributed by atoms with E-state index < -0.39 is 0 Å². The molecule has 1 heterocycles. The van der Waals surface area contributed by atoms with Crippen molar-refractivity contribution < 1.29 is 4.74 Å². The van der Waals surface area contributed by atoms with E-state index in [2.05, 4.69) is 37.4 Å². The van der Waals surface area contributed by atoms with E-state index in [1.165, 1.54) is 49.7 Å². The number of unbranched alkanes of at least 4 members (excludes halogenated alkanes) is 1. The molecule has 110 valence electrons. The third-order valence-electron chi connectivity index (χ3n) is 4.88. The van der Waals surface area contributed by atoms with Gasteiger partial charge in [0.15, 0.2) is 0 Å². The number of hydrogen-bond acceptors (Lipinski definition) is 2. The molecule has 1 spiro atoms. The van der Waals surface area contributed by atoms with E-state index in [0.29, 0.717) is 6.04 Å². The molecule has 1 saturated carbocycles. The molecule has 2 heteroatoms. The van der Waals surface area contributed by atoms with Gasteiger partial charge in [-0.05, 0) is 51.6 Å². The average molecular weight is 273 g/mol. The zero-order valence-electron chi connectivity index (χ0n) is 12.9. The summed E-state index contributed by atoms with van der Waals surface area (Å²) in [6.07, 6.45) is 8.75. The van der Waals surface area contributed by atoms with Crippen molar-refractivity contribution in [2.75, 3.05) is 6.54 Å². The summed E-state index contributed by atoms with van der Waals surface area (Å²) < 4.78 is 6.43. The lowest BCUT2D eigenvalue weighted by molar-refractivity contribution is 0.0367. The summed E-state index contributed by atoms with van der Waals surface area (Å²) in [4.78, 5) is 0. The van der Waals surface area contributed by atoms with Crippen LogP contribution in [0.5, 0.6) is 5.75 Å². The maximum absolute atomic E-state index is 6.43. The van der Waals surface area contributed by atoms with Crippen LogP contribution in [0, 0.1) is 6.92 Å². The topological polar surface area (TPSA) is 21.3 Å². The number of nitrogens with one attached hydrogen (secondary N) is 1. The molecule has 0 amide bonds. The molecule has 1 aromatic rings. The zero-order valence-corrected chi connectivity index (χ0v) is 12.9. The van der Waals surface area contributed by atoms with Crippen LogP contribution in [0.15, 0.2) is 18.2 Å². The first-order valence-corrected chi connectivity index (χ1v) is 8.25. The van der Waals surface area contributed by atoms with E-state index in [4.69, 9.17) is 4.74 Å². The summed E-state index contributed by atoms with van der Waals surface area (Å²) in [5.74, 6) is 1.12. The molecule has 2 aliphatic rings. The van der Waals surface area contributed by atoms with E-state index in [1.54, 1.807) is 0 Å². The Hall–Kier alpha value is -1.02. The van der Waals surface area contributed by atoms with Crippen LogP contribution in [0.25, 0.3) is 0 Å². The Morgan fingerprint density at radius 2 is 2.10 bits per heavy atom. The van der Waals surface area contributed by atoms with Gasteiger partial charge in [0.25, 0.3) is 0 Å². The Balaban J connectivity index is 1.85. The van der Waals surface area contributed by atoms with Crippen LogP contribution in [0.2, 0.25) is 0 Å². The second-order valence-electron chi connectivity index (χ2n) is 6.60. The minimum Gasteiger partial charge on any atom is -0.487 e. The summed E-state index contributed by atoms with van der Waals surface area (Å²) >= 11 is 0. The Kier molecular flexibility index (Phi) is 4.02. The van der Waals surface area contributed by atoms with Gasteiger partial charge in [-0.15, -0.1) is 0 Å². The van der Waals surface area contributed by atoms with Gasteiger partial charge in [-0.3, -0.25) is 0 Å². The van der Waals surface area contributed by atoms with Crippen molar-refractivity contribution in [1.82, 2.24) is 5.32 Å². The van der Waals surface area contributed by atoms with Crippen molar-refractivity contribution in [1.29, 1.82) is 0 Å².